The van der Waals surface area contributed by atoms with Gasteiger partial charge in [-0.1, -0.05) is 13.8 Å². The van der Waals surface area contributed by atoms with Crippen LogP contribution in [0.2, 0.25) is 0 Å². The summed E-state index contributed by atoms with van der Waals surface area (Å²) in [6, 6.07) is 0. The van der Waals surface area contributed by atoms with Crippen molar-refractivity contribution in [3.8, 4) is 0 Å². The highest BCUT2D eigenvalue weighted by Gasteiger charge is 2.21. The van der Waals surface area contributed by atoms with E-state index in [2.05, 4.69) is 10.6 Å². The molecule has 0 aliphatic heterocycles. The van der Waals surface area contributed by atoms with Gasteiger partial charge in [0.1, 0.15) is 0 Å². The van der Waals surface area contributed by atoms with Gasteiger partial charge < -0.3 is 15.7 Å². The van der Waals surface area contributed by atoms with Gasteiger partial charge in [-0.3, -0.25) is 4.79 Å². The standard InChI is InChI=1S/C11H24N2O2S/c1-5-12-6-9(2)10(14)13-7-11(3,15)8-16-4/h9,12,15H,5-8H2,1-4H3,(H,13,14). The van der Waals surface area contributed by atoms with E-state index < -0.39 is 5.60 Å². The summed E-state index contributed by atoms with van der Waals surface area (Å²) in [4.78, 5) is 11.6. The van der Waals surface area contributed by atoms with E-state index in [1.54, 1.807) is 18.7 Å². The number of aliphatic hydroxyl groups is 1. The summed E-state index contributed by atoms with van der Waals surface area (Å²) in [5, 5.41) is 15.8. The Bertz CT molecular complexity index is 210. The molecule has 0 heterocycles. The topological polar surface area (TPSA) is 61.4 Å². The zero-order valence-electron chi connectivity index (χ0n) is 10.7. The first-order valence-corrected chi connectivity index (χ1v) is 7.02. The number of carbonyl (C=O) groups is 1. The van der Waals surface area contributed by atoms with Crippen molar-refractivity contribution in [2.45, 2.75) is 26.4 Å². The highest BCUT2D eigenvalue weighted by atomic mass is 32.2. The molecular formula is C11H24N2O2S. The molecule has 0 fully saturated rings. The largest absolute Gasteiger partial charge is 0.387 e. The van der Waals surface area contributed by atoms with E-state index in [4.69, 9.17) is 0 Å². The third-order valence-corrected chi connectivity index (χ3v) is 3.16. The van der Waals surface area contributed by atoms with E-state index in [9.17, 15) is 9.90 Å². The zero-order chi connectivity index (χ0) is 12.6. The molecule has 0 aromatic rings. The number of thioether (sulfide) groups is 1. The Hall–Kier alpha value is -0.260. The minimum Gasteiger partial charge on any atom is -0.387 e. The number of amides is 1. The Kier molecular flexibility index (Phi) is 7.80. The molecule has 0 saturated heterocycles. The summed E-state index contributed by atoms with van der Waals surface area (Å²) in [7, 11) is 0. The van der Waals surface area contributed by atoms with Crippen LogP contribution in [0.4, 0.5) is 0 Å². The first-order chi connectivity index (χ1) is 7.43. The molecule has 0 rings (SSSR count). The van der Waals surface area contributed by atoms with Crippen molar-refractivity contribution in [1.29, 1.82) is 0 Å². The van der Waals surface area contributed by atoms with E-state index in [1.165, 1.54) is 0 Å². The third-order valence-electron chi connectivity index (χ3n) is 2.25. The smallest absolute Gasteiger partial charge is 0.224 e. The van der Waals surface area contributed by atoms with Gasteiger partial charge in [-0.15, -0.1) is 0 Å². The molecule has 0 aromatic carbocycles. The highest BCUT2D eigenvalue weighted by Crippen LogP contribution is 2.09. The van der Waals surface area contributed by atoms with Crippen LogP contribution in [0.5, 0.6) is 0 Å². The minimum atomic E-state index is -0.826. The molecule has 0 saturated carbocycles. The zero-order valence-corrected chi connectivity index (χ0v) is 11.5. The van der Waals surface area contributed by atoms with Crippen molar-refractivity contribution in [2.24, 2.45) is 5.92 Å². The van der Waals surface area contributed by atoms with E-state index in [-0.39, 0.29) is 11.8 Å². The van der Waals surface area contributed by atoms with Gasteiger partial charge in [0.15, 0.2) is 0 Å². The summed E-state index contributed by atoms with van der Waals surface area (Å²) < 4.78 is 0. The molecule has 2 unspecified atom stereocenters. The second kappa shape index (κ2) is 7.92. The minimum absolute atomic E-state index is 0.0117. The maximum atomic E-state index is 11.6. The molecule has 0 bridgehead atoms. The van der Waals surface area contributed by atoms with Crippen LogP contribution in [0.25, 0.3) is 0 Å². The maximum Gasteiger partial charge on any atom is 0.224 e. The molecule has 0 aliphatic rings. The van der Waals surface area contributed by atoms with E-state index in [1.807, 2.05) is 20.1 Å². The van der Waals surface area contributed by atoms with Gasteiger partial charge in [0.25, 0.3) is 0 Å². The molecule has 4 nitrogen and oxygen atoms in total. The predicted molar refractivity (Wildman–Crippen MR) is 69.7 cm³/mol. The second-order valence-electron chi connectivity index (χ2n) is 4.36. The van der Waals surface area contributed by atoms with Crippen LogP contribution in [0.3, 0.4) is 0 Å². The van der Waals surface area contributed by atoms with Crippen LogP contribution in [-0.4, -0.2) is 48.3 Å². The maximum absolute atomic E-state index is 11.6. The average Bonchev–Trinajstić information content (AvgIpc) is 2.22. The number of rotatable bonds is 8. The molecule has 0 radical (unpaired) electrons. The van der Waals surface area contributed by atoms with Crippen LogP contribution in [0.1, 0.15) is 20.8 Å². The molecule has 1 amide bonds. The van der Waals surface area contributed by atoms with Gasteiger partial charge in [0.2, 0.25) is 5.91 Å². The summed E-state index contributed by atoms with van der Waals surface area (Å²) in [5.74, 6) is 0.543. The van der Waals surface area contributed by atoms with Crippen LogP contribution < -0.4 is 10.6 Å². The lowest BCUT2D eigenvalue weighted by Gasteiger charge is -2.23. The summed E-state index contributed by atoms with van der Waals surface area (Å²) in [5.41, 5.74) is -0.826. The Balaban J connectivity index is 3.87. The SMILES string of the molecule is CCNCC(C)C(=O)NCC(C)(O)CSC. The Morgan fingerprint density at radius 1 is 1.56 bits per heavy atom. The van der Waals surface area contributed by atoms with Crippen LogP contribution in [-0.2, 0) is 4.79 Å². The van der Waals surface area contributed by atoms with Crippen molar-refractivity contribution in [1.82, 2.24) is 10.6 Å². The van der Waals surface area contributed by atoms with Crippen molar-refractivity contribution >= 4 is 17.7 Å². The van der Waals surface area contributed by atoms with Gasteiger partial charge in [-0.2, -0.15) is 11.8 Å². The lowest BCUT2D eigenvalue weighted by atomic mass is 10.1. The van der Waals surface area contributed by atoms with Gasteiger partial charge >= 0.3 is 0 Å². The molecular weight excluding hydrogens is 224 g/mol. The lowest BCUT2D eigenvalue weighted by molar-refractivity contribution is -0.125. The summed E-state index contributed by atoms with van der Waals surface area (Å²) >= 11 is 1.57. The van der Waals surface area contributed by atoms with E-state index in [0.717, 1.165) is 6.54 Å². The van der Waals surface area contributed by atoms with Crippen molar-refractivity contribution < 1.29 is 9.90 Å². The number of hydrogen-bond acceptors (Lipinski definition) is 4. The van der Waals surface area contributed by atoms with Gasteiger partial charge in [0.05, 0.1) is 5.60 Å². The third kappa shape index (κ3) is 7.09. The summed E-state index contributed by atoms with van der Waals surface area (Å²) in [6.45, 7) is 7.46. The fourth-order valence-corrected chi connectivity index (χ4v) is 1.99. The second-order valence-corrected chi connectivity index (χ2v) is 5.22. The molecule has 0 spiro atoms. The van der Waals surface area contributed by atoms with Gasteiger partial charge in [-0.25, -0.2) is 0 Å². The van der Waals surface area contributed by atoms with Crippen molar-refractivity contribution in [2.75, 3.05) is 31.6 Å². The average molecular weight is 248 g/mol. The fourth-order valence-electron chi connectivity index (χ4n) is 1.27. The Morgan fingerprint density at radius 2 is 2.19 bits per heavy atom. The predicted octanol–water partition coefficient (Wildman–Crippen LogP) is 0.462. The molecule has 16 heavy (non-hydrogen) atoms. The van der Waals surface area contributed by atoms with Gasteiger partial charge in [-0.05, 0) is 19.7 Å². The molecule has 96 valence electrons. The molecule has 0 aliphatic carbocycles. The molecule has 5 heteroatoms. The molecule has 2 atom stereocenters. The quantitative estimate of drug-likeness (QED) is 0.584. The first kappa shape index (κ1) is 15.7. The number of carbonyl (C=O) groups excluding carboxylic acids is 1. The summed E-state index contributed by atoms with van der Waals surface area (Å²) in [6.07, 6.45) is 1.93. The number of nitrogens with one attached hydrogen (secondary N) is 2. The molecule has 0 aromatic heterocycles. The lowest BCUT2D eigenvalue weighted by Crippen LogP contribution is -2.45. The van der Waals surface area contributed by atoms with Gasteiger partial charge in [0, 0.05) is 24.8 Å². The van der Waals surface area contributed by atoms with E-state index >= 15 is 0 Å². The Morgan fingerprint density at radius 3 is 2.69 bits per heavy atom. The van der Waals surface area contributed by atoms with E-state index in [0.29, 0.717) is 18.8 Å². The molecule has 3 N–H and O–H groups in total. The fraction of sp³-hybridized carbons (Fsp3) is 0.909. The van der Waals surface area contributed by atoms with Crippen LogP contribution in [0.15, 0.2) is 0 Å². The highest BCUT2D eigenvalue weighted by molar-refractivity contribution is 7.98. The first-order valence-electron chi connectivity index (χ1n) is 5.62. The van der Waals surface area contributed by atoms with Crippen LogP contribution >= 0.6 is 11.8 Å². The monoisotopic (exact) mass is 248 g/mol. The van der Waals surface area contributed by atoms with Crippen LogP contribution in [0, 0.1) is 5.92 Å². The van der Waals surface area contributed by atoms with Crippen molar-refractivity contribution in [3.05, 3.63) is 0 Å². The van der Waals surface area contributed by atoms with Crippen molar-refractivity contribution in [3.63, 3.8) is 0 Å². The normalized spacial score (nSPS) is 16.6. The Labute approximate surface area is 103 Å². The number of hydrogen-bond donors (Lipinski definition) is 3.